The first-order valence-electron chi connectivity index (χ1n) is 7.79. The van der Waals surface area contributed by atoms with Crippen LogP contribution in [0.5, 0.6) is 0 Å². The number of fused-ring (bicyclic) bond motifs is 2. The molecule has 0 aliphatic rings. The molecule has 0 aliphatic heterocycles. The highest BCUT2D eigenvalue weighted by molar-refractivity contribution is 6.02. The quantitative estimate of drug-likeness (QED) is 0.417. The van der Waals surface area contributed by atoms with Crippen LogP contribution < -0.4 is 0 Å². The summed E-state index contributed by atoms with van der Waals surface area (Å²) >= 11 is 0. The normalized spacial score (nSPS) is 11.8. The van der Waals surface area contributed by atoms with E-state index in [0.29, 0.717) is 17.6 Å². The van der Waals surface area contributed by atoms with Gasteiger partial charge in [0, 0.05) is 5.56 Å². The molecule has 0 fully saturated rings. The fourth-order valence-electron chi connectivity index (χ4n) is 2.85. The maximum absolute atomic E-state index is 12.1. The van der Waals surface area contributed by atoms with E-state index in [0.717, 1.165) is 16.3 Å². The van der Waals surface area contributed by atoms with E-state index in [9.17, 15) is 4.79 Å². The molecule has 23 heavy (non-hydrogen) atoms. The molecule has 0 saturated heterocycles. The number of likely N-dealkylation sites (N-methyl/N-ethyl adjacent to an activating group) is 1. The average Bonchev–Trinajstić information content (AvgIpc) is 2.49. The third-order valence-corrected chi connectivity index (χ3v) is 3.86. The summed E-state index contributed by atoms with van der Waals surface area (Å²) < 4.78 is 6.13. The molecule has 3 aromatic carbocycles. The van der Waals surface area contributed by atoms with E-state index in [4.69, 9.17) is 4.74 Å². The molecule has 0 radical (unpaired) electrons. The van der Waals surface area contributed by atoms with Crippen LogP contribution in [0.4, 0.5) is 0 Å². The van der Waals surface area contributed by atoms with Crippen LogP contribution in [0.3, 0.4) is 0 Å². The maximum atomic E-state index is 12.1. The van der Waals surface area contributed by atoms with Gasteiger partial charge < -0.3 is 9.22 Å². The van der Waals surface area contributed by atoms with Crippen molar-refractivity contribution in [1.29, 1.82) is 0 Å². The number of carbonyl (C=O) groups is 1. The second-order valence-corrected chi connectivity index (χ2v) is 6.91. The highest BCUT2D eigenvalue weighted by Crippen LogP contribution is 2.29. The third-order valence-electron chi connectivity index (χ3n) is 3.86. The van der Waals surface area contributed by atoms with Gasteiger partial charge in [0.2, 0.25) is 0 Å². The molecule has 0 aliphatic carbocycles. The minimum atomic E-state index is -0.172. The summed E-state index contributed by atoms with van der Waals surface area (Å²) in [6.07, 6.45) is 0. The zero-order chi connectivity index (χ0) is 16.4. The number of hydrogen-bond acceptors (Lipinski definition) is 2. The average molecular weight is 308 g/mol. The second kappa shape index (κ2) is 6.01. The van der Waals surface area contributed by atoms with E-state index < -0.39 is 0 Å². The van der Waals surface area contributed by atoms with E-state index in [-0.39, 0.29) is 5.97 Å². The number of nitrogens with zero attached hydrogens (tertiary/aromatic N) is 1. The van der Waals surface area contributed by atoms with E-state index in [1.165, 1.54) is 10.8 Å². The number of quaternary nitrogens is 1. The lowest BCUT2D eigenvalue weighted by Gasteiger charge is -2.22. The third kappa shape index (κ3) is 3.51. The summed E-state index contributed by atoms with van der Waals surface area (Å²) in [6.45, 7) is 0.670. The van der Waals surface area contributed by atoms with Gasteiger partial charge in [-0.1, -0.05) is 48.5 Å². The predicted octanol–water partition coefficient (Wildman–Crippen LogP) is 3.74. The van der Waals surface area contributed by atoms with Gasteiger partial charge in [-0.3, -0.25) is 0 Å². The van der Waals surface area contributed by atoms with Gasteiger partial charge in [-0.15, -0.1) is 0 Å². The zero-order valence-electron chi connectivity index (χ0n) is 13.9. The molecular weight excluding hydrogens is 286 g/mol. The summed E-state index contributed by atoms with van der Waals surface area (Å²) in [5.41, 5.74) is 1.08. The number of esters is 1. The van der Waals surface area contributed by atoms with Gasteiger partial charge in [0.25, 0.3) is 0 Å². The Bertz CT molecular complexity index is 808. The maximum Gasteiger partial charge on any atom is 0.362 e. The van der Waals surface area contributed by atoms with Crippen molar-refractivity contribution < 1.29 is 14.0 Å². The predicted molar refractivity (Wildman–Crippen MR) is 94.1 cm³/mol. The van der Waals surface area contributed by atoms with Crippen LogP contribution in [-0.2, 0) is 16.1 Å². The van der Waals surface area contributed by atoms with E-state index >= 15 is 0 Å². The highest BCUT2D eigenvalue weighted by atomic mass is 16.5. The van der Waals surface area contributed by atoms with Gasteiger partial charge >= 0.3 is 5.97 Å². The summed E-state index contributed by atoms with van der Waals surface area (Å²) in [4.78, 5) is 12.1. The van der Waals surface area contributed by atoms with Crippen LogP contribution in [0.25, 0.3) is 21.5 Å². The minimum absolute atomic E-state index is 0.172. The summed E-state index contributed by atoms with van der Waals surface area (Å²) in [5.74, 6) is -0.172. The van der Waals surface area contributed by atoms with Gasteiger partial charge in [-0.25, -0.2) is 4.79 Å². The Labute approximate surface area is 136 Å². The lowest BCUT2D eigenvalue weighted by molar-refractivity contribution is -0.862. The van der Waals surface area contributed by atoms with Crippen LogP contribution in [0.15, 0.2) is 54.6 Å². The molecule has 0 amide bonds. The Morgan fingerprint density at radius 3 is 1.96 bits per heavy atom. The molecule has 118 valence electrons. The Morgan fingerprint density at radius 2 is 1.43 bits per heavy atom. The summed E-state index contributed by atoms with van der Waals surface area (Å²) in [7, 11) is 5.94. The van der Waals surface area contributed by atoms with Crippen molar-refractivity contribution in [2.24, 2.45) is 0 Å². The van der Waals surface area contributed by atoms with Crippen molar-refractivity contribution >= 4 is 27.5 Å². The molecule has 0 bridgehead atoms. The fraction of sp³-hybridized carbons (Fsp3) is 0.250. The van der Waals surface area contributed by atoms with Crippen molar-refractivity contribution in [3.8, 4) is 0 Å². The first-order chi connectivity index (χ1) is 10.9. The molecule has 0 unspecified atom stereocenters. The number of ether oxygens (including phenoxy) is 1. The number of carbonyl (C=O) groups excluding carboxylic acids is 1. The first kappa shape index (κ1) is 15.5. The number of hydrogen-bond donors (Lipinski definition) is 0. The van der Waals surface area contributed by atoms with Crippen LogP contribution in [0, 0.1) is 0 Å². The zero-order valence-corrected chi connectivity index (χ0v) is 13.9. The molecule has 3 nitrogen and oxygen atoms in total. The second-order valence-electron chi connectivity index (χ2n) is 6.91. The smallest absolute Gasteiger partial charge is 0.362 e. The number of rotatable bonds is 4. The molecule has 0 aromatic heterocycles. The van der Waals surface area contributed by atoms with Gasteiger partial charge in [0.1, 0.15) is 6.61 Å². The fourth-order valence-corrected chi connectivity index (χ4v) is 2.85. The number of benzene rings is 3. The minimum Gasteiger partial charge on any atom is -0.457 e. The van der Waals surface area contributed by atoms with Gasteiger partial charge in [0.05, 0.1) is 21.1 Å². The standard InChI is InChI=1S/C20H22NO2/c1-21(2,3)13-20(22)23-14-19-17-10-6-4-8-15(17)12-16-9-5-7-11-18(16)19/h4-12H,13-14H2,1-3H3/q+1. The van der Waals surface area contributed by atoms with Crippen LogP contribution in [0.2, 0.25) is 0 Å². The summed E-state index contributed by atoms with van der Waals surface area (Å²) in [5, 5.41) is 4.63. The highest BCUT2D eigenvalue weighted by Gasteiger charge is 2.16. The van der Waals surface area contributed by atoms with E-state index in [1.807, 2.05) is 45.4 Å². The van der Waals surface area contributed by atoms with Crippen molar-refractivity contribution in [1.82, 2.24) is 0 Å². The summed E-state index contributed by atoms with van der Waals surface area (Å²) in [6, 6.07) is 18.7. The lowest BCUT2D eigenvalue weighted by atomic mass is 9.97. The van der Waals surface area contributed by atoms with Gasteiger partial charge in [0.15, 0.2) is 6.54 Å². The van der Waals surface area contributed by atoms with Gasteiger partial charge in [-0.05, 0) is 27.6 Å². The monoisotopic (exact) mass is 308 g/mol. The van der Waals surface area contributed by atoms with Gasteiger partial charge in [-0.2, -0.15) is 0 Å². The molecule has 3 aromatic rings. The molecule has 3 heteroatoms. The molecule has 0 spiro atoms. The van der Waals surface area contributed by atoms with Crippen molar-refractivity contribution in [2.75, 3.05) is 27.7 Å². The molecule has 0 N–H and O–H groups in total. The Hall–Kier alpha value is -2.39. The molecule has 0 atom stereocenters. The molecule has 0 saturated carbocycles. The Balaban J connectivity index is 1.99. The van der Waals surface area contributed by atoms with Crippen LogP contribution in [-0.4, -0.2) is 38.1 Å². The SMILES string of the molecule is C[N+](C)(C)CC(=O)OCc1c2ccccc2cc2ccccc12. The van der Waals surface area contributed by atoms with E-state index in [1.54, 1.807) is 0 Å². The Kier molecular flexibility index (Phi) is 4.05. The van der Waals surface area contributed by atoms with E-state index in [2.05, 4.69) is 30.3 Å². The molecule has 3 rings (SSSR count). The van der Waals surface area contributed by atoms with Crippen molar-refractivity contribution in [3.63, 3.8) is 0 Å². The van der Waals surface area contributed by atoms with Crippen molar-refractivity contribution in [2.45, 2.75) is 6.61 Å². The topological polar surface area (TPSA) is 26.3 Å². The molecule has 0 heterocycles. The largest absolute Gasteiger partial charge is 0.457 e. The van der Waals surface area contributed by atoms with Crippen LogP contribution >= 0.6 is 0 Å². The van der Waals surface area contributed by atoms with Crippen molar-refractivity contribution in [3.05, 3.63) is 60.2 Å². The molecular formula is C20H22NO2+. The van der Waals surface area contributed by atoms with Crippen LogP contribution in [0.1, 0.15) is 5.56 Å². The first-order valence-corrected chi connectivity index (χ1v) is 7.79. The lowest BCUT2D eigenvalue weighted by Crippen LogP contribution is -2.40. The Morgan fingerprint density at radius 1 is 0.913 bits per heavy atom.